The van der Waals surface area contributed by atoms with Crippen molar-refractivity contribution in [2.45, 2.75) is 56.8 Å². The van der Waals surface area contributed by atoms with Gasteiger partial charge in [-0.15, -0.1) is 0 Å². The van der Waals surface area contributed by atoms with E-state index in [0.717, 1.165) is 61.2 Å². The number of urea groups is 1. The molecule has 2 aliphatic heterocycles. The highest BCUT2D eigenvalue weighted by molar-refractivity contribution is 5.90. The molecule has 2 amide bonds. The van der Waals surface area contributed by atoms with Crippen LogP contribution >= 0.6 is 0 Å². The zero-order chi connectivity index (χ0) is 23.2. The standard InChI is InChI=1S/C24H27N7O3/c25-24(33)27-15-3-1-14(2-4-15)21-28-22(30-12-18-9-10-19(13-30)34-18)20-11-26-31(23(20)29-21)16-5-7-17(32)8-6-16/h1-4,11,16,18-19H,5-10,12-13H2,(H3,25,27,33). The number of benzene rings is 1. The summed E-state index contributed by atoms with van der Waals surface area (Å²) in [5.41, 5.74) is 7.46. The molecule has 34 heavy (non-hydrogen) atoms. The third-order valence-corrected chi connectivity index (χ3v) is 7.05. The summed E-state index contributed by atoms with van der Waals surface area (Å²) in [6, 6.07) is 6.86. The highest BCUT2D eigenvalue weighted by Crippen LogP contribution is 2.36. The lowest BCUT2D eigenvalue weighted by atomic mass is 9.94. The monoisotopic (exact) mass is 461 g/mol. The molecule has 4 heterocycles. The van der Waals surface area contributed by atoms with E-state index in [2.05, 4.69) is 10.2 Å². The zero-order valence-corrected chi connectivity index (χ0v) is 18.8. The minimum atomic E-state index is -0.607. The quantitative estimate of drug-likeness (QED) is 0.611. The fourth-order valence-corrected chi connectivity index (χ4v) is 5.35. The van der Waals surface area contributed by atoms with Crippen molar-refractivity contribution >= 4 is 34.4 Å². The molecule has 1 aromatic carbocycles. The van der Waals surface area contributed by atoms with Gasteiger partial charge in [-0.1, -0.05) is 0 Å². The second-order valence-corrected chi connectivity index (χ2v) is 9.40. The number of nitrogens with zero attached hydrogens (tertiary/aromatic N) is 5. The maximum atomic E-state index is 11.8. The smallest absolute Gasteiger partial charge is 0.316 e. The van der Waals surface area contributed by atoms with Crippen LogP contribution < -0.4 is 16.0 Å². The Bertz CT molecular complexity index is 1230. The molecule has 10 nitrogen and oxygen atoms in total. The number of primary amides is 1. The normalized spacial score (nSPS) is 22.9. The van der Waals surface area contributed by atoms with Crippen LogP contribution in [-0.2, 0) is 9.53 Å². The molecule has 3 aliphatic rings. The lowest BCUT2D eigenvalue weighted by Gasteiger charge is -2.33. The Morgan fingerprint density at radius 2 is 1.74 bits per heavy atom. The third-order valence-electron chi connectivity index (χ3n) is 7.05. The Labute approximate surface area is 196 Å². The number of carbonyl (C=O) groups is 2. The molecular formula is C24H27N7O3. The predicted octanol–water partition coefficient (Wildman–Crippen LogP) is 3.04. The van der Waals surface area contributed by atoms with Gasteiger partial charge in [0, 0.05) is 37.2 Å². The summed E-state index contributed by atoms with van der Waals surface area (Å²) >= 11 is 0. The van der Waals surface area contributed by atoms with Crippen LogP contribution in [-0.4, -0.2) is 56.9 Å². The van der Waals surface area contributed by atoms with Gasteiger partial charge in [-0.3, -0.25) is 4.79 Å². The van der Waals surface area contributed by atoms with Crippen molar-refractivity contribution < 1.29 is 14.3 Å². The summed E-state index contributed by atoms with van der Waals surface area (Å²) in [4.78, 5) is 35.2. The van der Waals surface area contributed by atoms with E-state index in [0.29, 0.717) is 30.1 Å². The maximum absolute atomic E-state index is 11.8. The zero-order valence-electron chi connectivity index (χ0n) is 18.8. The van der Waals surface area contributed by atoms with E-state index in [4.69, 9.17) is 25.5 Å². The van der Waals surface area contributed by atoms with Crippen molar-refractivity contribution in [2.75, 3.05) is 23.3 Å². The van der Waals surface area contributed by atoms with Gasteiger partial charge in [0.25, 0.3) is 0 Å². The van der Waals surface area contributed by atoms with Gasteiger partial charge in [-0.05, 0) is 49.9 Å². The molecule has 2 unspecified atom stereocenters. The fourth-order valence-electron chi connectivity index (χ4n) is 5.35. The van der Waals surface area contributed by atoms with E-state index in [9.17, 15) is 9.59 Å². The van der Waals surface area contributed by atoms with Crippen molar-refractivity contribution in [1.29, 1.82) is 0 Å². The van der Waals surface area contributed by atoms with Gasteiger partial charge in [0.15, 0.2) is 11.5 Å². The van der Waals surface area contributed by atoms with Gasteiger partial charge < -0.3 is 20.7 Å². The Balaban J connectivity index is 1.43. The van der Waals surface area contributed by atoms with Gasteiger partial charge in [0.2, 0.25) is 0 Å². The highest BCUT2D eigenvalue weighted by Gasteiger charge is 2.35. The number of nitrogens with one attached hydrogen (secondary N) is 1. The van der Waals surface area contributed by atoms with Crippen LogP contribution in [0.2, 0.25) is 0 Å². The van der Waals surface area contributed by atoms with Crippen LogP contribution in [0.1, 0.15) is 44.6 Å². The number of morpholine rings is 1. The van der Waals surface area contributed by atoms with Gasteiger partial charge in [-0.2, -0.15) is 5.10 Å². The van der Waals surface area contributed by atoms with Crippen molar-refractivity contribution in [3.8, 4) is 11.4 Å². The Morgan fingerprint density at radius 3 is 2.41 bits per heavy atom. The molecule has 3 N–H and O–H groups in total. The number of rotatable bonds is 4. The first-order valence-corrected chi connectivity index (χ1v) is 11.9. The maximum Gasteiger partial charge on any atom is 0.316 e. The number of Topliss-reactive ketones (excluding diaryl/α,β-unsaturated/α-hetero) is 1. The Morgan fingerprint density at radius 1 is 1.03 bits per heavy atom. The van der Waals surface area contributed by atoms with Crippen LogP contribution in [0.25, 0.3) is 22.4 Å². The lowest BCUT2D eigenvalue weighted by molar-refractivity contribution is -0.120. The fraction of sp³-hybridized carbons (Fsp3) is 0.458. The molecule has 6 rings (SSSR count). The van der Waals surface area contributed by atoms with Crippen LogP contribution in [0.5, 0.6) is 0 Å². The molecule has 3 aromatic rings. The van der Waals surface area contributed by atoms with E-state index in [1.54, 1.807) is 12.1 Å². The number of aromatic nitrogens is 4. The number of hydrogen-bond donors (Lipinski definition) is 2. The average molecular weight is 462 g/mol. The first-order valence-electron chi connectivity index (χ1n) is 11.9. The average Bonchev–Trinajstić information content (AvgIpc) is 3.41. The summed E-state index contributed by atoms with van der Waals surface area (Å²) in [7, 11) is 0. The minimum Gasteiger partial charge on any atom is -0.371 e. The summed E-state index contributed by atoms with van der Waals surface area (Å²) in [5.74, 6) is 1.79. The molecule has 2 bridgehead atoms. The first-order chi connectivity index (χ1) is 16.5. The number of fused-ring (bicyclic) bond motifs is 3. The molecule has 176 valence electrons. The van der Waals surface area contributed by atoms with E-state index in [1.807, 2.05) is 23.0 Å². The van der Waals surface area contributed by atoms with Crippen molar-refractivity contribution in [3.63, 3.8) is 0 Å². The highest BCUT2D eigenvalue weighted by atomic mass is 16.5. The molecule has 0 spiro atoms. The van der Waals surface area contributed by atoms with Gasteiger partial charge in [0.05, 0.1) is 29.8 Å². The molecule has 3 fully saturated rings. The third kappa shape index (κ3) is 3.87. The minimum absolute atomic E-state index is 0.147. The molecule has 10 heteroatoms. The molecule has 2 saturated heterocycles. The predicted molar refractivity (Wildman–Crippen MR) is 127 cm³/mol. The van der Waals surface area contributed by atoms with Crippen LogP contribution in [0.4, 0.5) is 16.3 Å². The lowest BCUT2D eigenvalue weighted by Crippen LogP contribution is -2.43. The molecule has 2 aromatic heterocycles. The van der Waals surface area contributed by atoms with Crippen LogP contribution in [0.15, 0.2) is 30.5 Å². The molecule has 1 aliphatic carbocycles. The number of ether oxygens (including phenoxy) is 1. The number of nitrogens with two attached hydrogens (primary N) is 1. The van der Waals surface area contributed by atoms with E-state index < -0.39 is 6.03 Å². The van der Waals surface area contributed by atoms with Crippen LogP contribution in [0.3, 0.4) is 0 Å². The summed E-state index contributed by atoms with van der Waals surface area (Å²) < 4.78 is 8.03. The number of anilines is 2. The summed E-state index contributed by atoms with van der Waals surface area (Å²) in [6.07, 6.45) is 7.19. The summed E-state index contributed by atoms with van der Waals surface area (Å²) in [5, 5.41) is 8.22. The topological polar surface area (TPSA) is 128 Å². The number of hydrogen-bond acceptors (Lipinski definition) is 7. The van der Waals surface area contributed by atoms with E-state index >= 15 is 0 Å². The second kappa shape index (κ2) is 8.35. The van der Waals surface area contributed by atoms with Crippen molar-refractivity contribution in [1.82, 2.24) is 19.7 Å². The van der Waals surface area contributed by atoms with Gasteiger partial charge >= 0.3 is 6.03 Å². The Kier molecular flexibility index (Phi) is 5.17. The molecule has 1 saturated carbocycles. The van der Waals surface area contributed by atoms with Crippen molar-refractivity contribution in [3.05, 3.63) is 30.5 Å². The van der Waals surface area contributed by atoms with E-state index in [1.165, 1.54) is 0 Å². The first kappa shape index (κ1) is 21.0. The van der Waals surface area contributed by atoms with Crippen molar-refractivity contribution in [2.24, 2.45) is 5.73 Å². The van der Waals surface area contributed by atoms with Gasteiger partial charge in [-0.25, -0.2) is 19.4 Å². The second-order valence-electron chi connectivity index (χ2n) is 9.40. The number of amides is 2. The van der Waals surface area contributed by atoms with Crippen LogP contribution in [0, 0.1) is 0 Å². The van der Waals surface area contributed by atoms with E-state index in [-0.39, 0.29) is 18.2 Å². The summed E-state index contributed by atoms with van der Waals surface area (Å²) in [6.45, 7) is 1.60. The molecular weight excluding hydrogens is 434 g/mol. The Hall–Kier alpha value is -3.53. The SMILES string of the molecule is NC(=O)Nc1ccc(-c2nc(N3CC4CCC(C3)O4)c3cnn(C4CCC(=O)CC4)c3n2)cc1. The van der Waals surface area contributed by atoms with Gasteiger partial charge in [0.1, 0.15) is 11.6 Å². The largest absolute Gasteiger partial charge is 0.371 e. The molecule has 2 atom stereocenters. The number of carbonyl (C=O) groups excluding carboxylic acids is 2. The molecule has 0 radical (unpaired) electrons. The number of ketones is 1.